The van der Waals surface area contributed by atoms with E-state index >= 15 is 0 Å². The van der Waals surface area contributed by atoms with Gasteiger partial charge in [-0.1, -0.05) is 17.7 Å². The summed E-state index contributed by atoms with van der Waals surface area (Å²) in [6.07, 6.45) is 4.74. The molecule has 0 amide bonds. The molecule has 3 aromatic rings. The fraction of sp³-hybridized carbons (Fsp3) is 0.250. The molecular formula is C20H19ClN4O. The van der Waals surface area contributed by atoms with Gasteiger partial charge in [0.2, 0.25) is 5.88 Å². The lowest BCUT2D eigenvalue weighted by Crippen LogP contribution is -2.31. The van der Waals surface area contributed by atoms with Crippen LogP contribution in [0.5, 0.6) is 5.88 Å². The highest BCUT2D eigenvalue weighted by molar-refractivity contribution is 6.30. The zero-order valence-electron chi connectivity index (χ0n) is 14.5. The van der Waals surface area contributed by atoms with Gasteiger partial charge in [-0.3, -0.25) is 4.90 Å². The van der Waals surface area contributed by atoms with Crippen LogP contribution < -0.4 is 4.74 Å². The second-order valence-corrected chi connectivity index (χ2v) is 6.78. The number of methoxy groups -OCH3 is 1. The maximum Gasteiger partial charge on any atom is 0.212 e. The lowest BCUT2D eigenvalue weighted by atomic mass is 10.1. The lowest BCUT2D eigenvalue weighted by molar-refractivity contribution is 0.242. The van der Waals surface area contributed by atoms with Crippen LogP contribution in [0.3, 0.4) is 0 Å². The molecule has 1 aliphatic rings. The van der Waals surface area contributed by atoms with Crippen molar-refractivity contribution >= 4 is 11.6 Å². The van der Waals surface area contributed by atoms with Gasteiger partial charge in [0, 0.05) is 60.7 Å². The molecule has 0 aliphatic carbocycles. The van der Waals surface area contributed by atoms with Crippen LogP contribution in [0.25, 0.3) is 11.4 Å². The van der Waals surface area contributed by atoms with Gasteiger partial charge in [-0.05, 0) is 29.8 Å². The first kappa shape index (κ1) is 16.9. The van der Waals surface area contributed by atoms with Crippen molar-refractivity contribution in [1.82, 2.24) is 19.9 Å². The van der Waals surface area contributed by atoms with Gasteiger partial charge in [0.15, 0.2) is 5.82 Å². The van der Waals surface area contributed by atoms with E-state index in [0.29, 0.717) is 5.88 Å². The van der Waals surface area contributed by atoms with E-state index in [4.69, 9.17) is 21.3 Å². The summed E-state index contributed by atoms with van der Waals surface area (Å²) in [5.41, 5.74) is 4.49. The maximum absolute atomic E-state index is 5.96. The normalized spacial score (nSPS) is 14.1. The third kappa shape index (κ3) is 3.69. The van der Waals surface area contributed by atoms with Crippen molar-refractivity contribution in [3.8, 4) is 17.3 Å². The molecule has 26 heavy (non-hydrogen) atoms. The summed E-state index contributed by atoms with van der Waals surface area (Å²) in [6, 6.07) is 11.6. The molecule has 1 aromatic carbocycles. The highest BCUT2D eigenvalue weighted by Gasteiger charge is 2.19. The first-order valence-electron chi connectivity index (χ1n) is 8.53. The zero-order chi connectivity index (χ0) is 17.9. The molecule has 0 radical (unpaired) electrons. The number of benzene rings is 1. The Labute approximate surface area is 157 Å². The van der Waals surface area contributed by atoms with Gasteiger partial charge in [-0.2, -0.15) is 0 Å². The monoisotopic (exact) mass is 366 g/mol. The number of hydrogen-bond donors (Lipinski definition) is 0. The van der Waals surface area contributed by atoms with Gasteiger partial charge in [0.05, 0.1) is 12.8 Å². The van der Waals surface area contributed by atoms with Crippen LogP contribution in [-0.2, 0) is 19.5 Å². The largest absolute Gasteiger partial charge is 0.481 e. The van der Waals surface area contributed by atoms with E-state index in [2.05, 4.69) is 20.9 Å². The van der Waals surface area contributed by atoms with E-state index in [1.54, 1.807) is 7.11 Å². The van der Waals surface area contributed by atoms with E-state index in [1.807, 2.05) is 42.7 Å². The van der Waals surface area contributed by atoms with Crippen molar-refractivity contribution in [2.75, 3.05) is 13.7 Å². The third-order valence-electron chi connectivity index (χ3n) is 4.53. The third-order valence-corrected chi connectivity index (χ3v) is 4.78. The molecule has 6 heteroatoms. The van der Waals surface area contributed by atoms with Gasteiger partial charge < -0.3 is 4.74 Å². The summed E-state index contributed by atoms with van der Waals surface area (Å²) < 4.78 is 5.11. The lowest BCUT2D eigenvalue weighted by Gasteiger charge is -2.28. The van der Waals surface area contributed by atoms with Crippen molar-refractivity contribution in [2.45, 2.75) is 19.5 Å². The van der Waals surface area contributed by atoms with Crippen LogP contribution in [0, 0.1) is 0 Å². The Morgan fingerprint density at radius 3 is 2.65 bits per heavy atom. The molecule has 0 spiro atoms. The Morgan fingerprint density at radius 2 is 1.92 bits per heavy atom. The molecule has 0 atom stereocenters. The van der Waals surface area contributed by atoms with Crippen molar-refractivity contribution in [3.05, 3.63) is 70.6 Å². The predicted molar refractivity (Wildman–Crippen MR) is 101 cm³/mol. The Balaban J connectivity index is 1.47. The Morgan fingerprint density at radius 1 is 1.08 bits per heavy atom. The standard InChI is InChI=1S/C20H19ClN4O/c1-26-19-7-2-14(10-22-19)12-25-9-8-18-16(13-25)11-23-20(24-18)15-3-5-17(21)6-4-15/h2-7,10-11H,8-9,12-13H2,1H3. The van der Waals surface area contributed by atoms with Gasteiger partial charge in [0.1, 0.15) is 0 Å². The highest BCUT2D eigenvalue weighted by Crippen LogP contribution is 2.23. The van der Waals surface area contributed by atoms with Crippen LogP contribution in [0.15, 0.2) is 48.8 Å². The summed E-state index contributed by atoms with van der Waals surface area (Å²) in [4.78, 5) is 16.0. The average Bonchev–Trinajstić information content (AvgIpc) is 2.69. The quantitative estimate of drug-likeness (QED) is 0.703. The topological polar surface area (TPSA) is 51.1 Å². The molecule has 0 saturated heterocycles. The number of aromatic nitrogens is 3. The van der Waals surface area contributed by atoms with Crippen LogP contribution in [0.1, 0.15) is 16.8 Å². The van der Waals surface area contributed by atoms with Crippen LogP contribution in [0.4, 0.5) is 0 Å². The molecule has 5 nitrogen and oxygen atoms in total. The number of fused-ring (bicyclic) bond motifs is 1. The van der Waals surface area contributed by atoms with Crippen LogP contribution in [-0.4, -0.2) is 33.5 Å². The highest BCUT2D eigenvalue weighted by atomic mass is 35.5. The summed E-state index contributed by atoms with van der Waals surface area (Å²) >= 11 is 5.96. The molecule has 1 aliphatic heterocycles. The molecule has 132 valence electrons. The molecular weight excluding hydrogens is 348 g/mol. The van der Waals surface area contributed by atoms with Crippen molar-refractivity contribution in [3.63, 3.8) is 0 Å². The molecule has 0 saturated carbocycles. The van der Waals surface area contributed by atoms with E-state index in [9.17, 15) is 0 Å². The average molecular weight is 367 g/mol. The molecule has 3 heterocycles. The SMILES string of the molecule is COc1ccc(CN2CCc3nc(-c4ccc(Cl)cc4)ncc3C2)cn1. The van der Waals surface area contributed by atoms with Crippen LogP contribution in [0.2, 0.25) is 5.02 Å². The van der Waals surface area contributed by atoms with Gasteiger partial charge in [-0.25, -0.2) is 15.0 Å². The minimum atomic E-state index is 0.640. The Kier molecular flexibility index (Phi) is 4.82. The second kappa shape index (κ2) is 7.40. The summed E-state index contributed by atoms with van der Waals surface area (Å²) in [6.45, 7) is 2.67. The Bertz CT molecular complexity index is 897. The summed E-state index contributed by atoms with van der Waals surface area (Å²) in [5, 5.41) is 0.718. The smallest absolute Gasteiger partial charge is 0.212 e. The van der Waals surface area contributed by atoms with E-state index in [0.717, 1.165) is 48.2 Å². The number of nitrogens with zero attached hydrogens (tertiary/aromatic N) is 4. The number of rotatable bonds is 4. The molecule has 0 bridgehead atoms. The molecule has 0 fully saturated rings. The molecule has 0 N–H and O–H groups in total. The number of pyridine rings is 1. The van der Waals surface area contributed by atoms with Gasteiger partial charge >= 0.3 is 0 Å². The first-order valence-corrected chi connectivity index (χ1v) is 8.91. The number of ether oxygens (including phenoxy) is 1. The number of halogens is 1. The van der Waals surface area contributed by atoms with Gasteiger partial charge in [-0.15, -0.1) is 0 Å². The van der Waals surface area contributed by atoms with Crippen molar-refractivity contribution < 1.29 is 4.74 Å². The fourth-order valence-corrected chi connectivity index (χ4v) is 3.26. The van der Waals surface area contributed by atoms with Gasteiger partial charge in [0.25, 0.3) is 0 Å². The predicted octanol–water partition coefficient (Wildman–Crippen LogP) is 3.76. The molecule has 4 rings (SSSR count). The Hall–Kier alpha value is -2.50. The first-order chi connectivity index (χ1) is 12.7. The molecule has 0 unspecified atom stereocenters. The van der Waals surface area contributed by atoms with Crippen LogP contribution >= 0.6 is 11.6 Å². The summed E-state index contributed by atoms with van der Waals surface area (Å²) in [5.74, 6) is 1.40. The van der Waals surface area contributed by atoms with Crippen molar-refractivity contribution in [1.29, 1.82) is 0 Å². The minimum Gasteiger partial charge on any atom is -0.481 e. The van der Waals surface area contributed by atoms with E-state index < -0.39 is 0 Å². The fourth-order valence-electron chi connectivity index (χ4n) is 3.13. The van der Waals surface area contributed by atoms with E-state index in [-0.39, 0.29) is 0 Å². The molecule has 2 aromatic heterocycles. The second-order valence-electron chi connectivity index (χ2n) is 6.34. The summed E-state index contributed by atoms with van der Waals surface area (Å²) in [7, 11) is 1.63. The minimum absolute atomic E-state index is 0.640. The zero-order valence-corrected chi connectivity index (χ0v) is 15.3. The number of hydrogen-bond acceptors (Lipinski definition) is 5. The maximum atomic E-state index is 5.96. The van der Waals surface area contributed by atoms with E-state index in [1.165, 1.54) is 11.1 Å². The van der Waals surface area contributed by atoms with Crippen molar-refractivity contribution in [2.24, 2.45) is 0 Å².